The summed E-state index contributed by atoms with van der Waals surface area (Å²) in [6.07, 6.45) is 4.45. The minimum Gasteiger partial charge on any atom is -0.394 e. The molecule has 1 rings (SSSR count). The van der Waals surface area contributed by atoms with Gasteiger partial charge in [0.15, 0.2) is 0 Å². The number of rotatable bonds is 3. The van der Waals surface area contributed by atoms with Crippen LogP contribution in [-0.2, 0) is 4.79 Å². The van der Waals surface area contributed by atoms with Gasteiger partial charge in [-0.05, 0) is 12.8 Å². The maximum atomic E-state index is 11.1. The van der Waals surface area contributed by atoms with Gasteiger partial charge in [0.25, 0.3) is 0 Å². The van der Waals surface area contributed by atoms with Crippen molar-refractivity contribution >= 4 is 5.91 Å². The van der Waals surface area contributed by atoms with Crippen LogP contribution in [0.5, 0.6) is 0 Å². The molecule has 1 fully saturated rings. The monoisotopic (exact) mass is 172 g/mol. The van der Waals surface area contributed by atoms with Crippen LogP contribution in [0, 0.1) is 0 Å². The van der Waals surface area contributed by atoms with Gasteiger partial charge < -0.3 is 16.2 Å². The van der Waals surface area contributed by atoms with Crippen LogP contribution in [0.2, 0.25) is 0 Å². The Labute approximate surface area is 72.1 Å². The van der Waals surface area contributed by atoms with Gasteiger partial charge in [0.05, 0.1) is 6.61 Å². The fourth-order valence-corrected chi connectivity index (χ4v) is 1.46. The van der Waals surface area contributed by atoms with Gasteiger partial charge in [0.1, 0.15) is 6.04 Å². The lowest BCUT2D eigenvalue weighted by Crippen LogP contribution is -2.46. The van der Waals surface area contributed by atoms with Gasteiger partial charge in [0, 0.05) is 6.04 Å². The number of aliphatic hydroxyl groups excluding tert-OH is 1. The van der Waals surface area contributed by atoms with Crippen molar-refractivity contribution in [3.8, 4) is 0 Å². The molecule has 0 radical (unpaired) electrons. The molecular formula is C8H16N2O2. The van der Waals surface area contributed by atoms with Crippen molar-refractivity contribution in [2.75, 3.05) is 6.61 Å². The van der Waals surface area contributed by atoms with Gasteiger partial charge in [-0.15, -0.1) is 0 Å². The van der Waals surface area contributed by atoms with Crippen LogP contribution in [0.4, 0.5) is 0 Å². The van der Waals surface area contributed by atoms with Gasteiger partial charge >= 0.3 is 0 Å². The molecule has 1 atom stereocenters. The second-order valence-electron chi connectivity index (χ2n) is 3.28. The first kappa shape index (κ1) is 9.48. The number of hydrogen-bond acceptors (Lipinski definition) is 3. The highest BCUT2D eigenvalue weighted by Gasteiger charge is 2.19. The Kier molecular flexibility index (Phi) is 3.49. The molecule has 1 saturated carbocycles. The van der Waals surface area contributed by atoms with Gasteiger partial charge in [0.2, 0.25) is 5.91 Å². The van der Waals surface area contributed by atoms with Crippen LogP contribution in [0.3, 0.4) is 0 Å². The lowest BCUT2D eigenvalue weighted by molar-refractivity contribution is -0.123. The second-order valence-corrected chi connectivity index (χ2v) is 3.28. The molecule has 4 nitrogen and oxygen atoms in total. The summed E-state index contributed by atoms with van der Waals surface area (Å²) in [5.41, 5.74) is 5.33. The Morgan fingerprint density at radius 3 is 2.67 bits per heavy atom. The third-order valence-corrected chi connectivity index (χ3v) is 2.24. The maximum absolute atomic E-state index is 11.1. The summed E-state index contributed by atoms with van der Waals surface area (Å²) in [6.45, 7) is -0.279. The van der Waals surface area contributed by atoms with Crippen molar-refractivity contribution in [3.05, 3.63) is 0 Å². The van der Waals surface area contributed by atoms with E-state index in [0.29, 0.717) is 0 Å². The summed E-state index contributed by atoms with van der Waals surface area (Å²) in [5, 5.41) is 11.4. The minimum absolute atomic E-state index is 0.232. The number of hydrogen-bond donors (Lipinski definition) is 3. The van der Waals surface area contributed by atoms with Gasteiger partial charge in [-0.3, -0.25) is 4.79 Å². The Hall–Kier alpha value is -0.610. The summed E-state index contributed by atoms with van der Waals surface area (Å²) in [6, 6.07) is -0.472. The zero-order chi connectivity index (χ0) is 8.97. The van der Waals surface area contributed by atoms with E-state index in [0.717, 1.165) is 12.8 Å². The normalized spacial score (nSPS) is 20.8. The molecule has 0 aromatic carbocycles. The van der Waals surface area contributed by atoms with Gasteiger partial charge in [-0.2, -0.15) is 0 Å². The summed E-state index contributed by atoms with van der Waals surface area (Å²) in [7, 11) is 0. The highest BCUT2D eigenvalue weighted by Crippen LogP contribution is 2.17. The van der Waals surface area contributed by atoms with E-state index in [1.54, 1.807) is 0 Å². The zero-order valence-electron chi connectivity index (χ0n) is 7.12. The summed E-state index contributed by atoms with van der Waals surface area (Å²) in [5.74, 6) is -0.232. The molecule has 70 valence electrons. The predicted octanol–water partition coefficient (Wildman–Crippen LogP) is -0.635. The first-order valence-corrected chi connectivity index (χ1v) is 4.41. The van der Waals surface area contributed by atoms with Crippen molar-refractivity contribution in [1.82, 2.24) is 5.32 Å². The van der Waals surface area contributed by atoms with Crippen molar-refractivity contribution in [3.63, 3.8) is 0 Å². The lowest BCUT2D eigenvalue weighted by atomic mass is 10.2. The largest absolute Gasteiger partial charge is 0.394 e. The lowest BCUT2D eigenvalue weighted by Gasteiger charge is -2.14. The van der Waals surface area contributed by atoms with Crippen molar-refractivity contribution in [2.24, 2.45) is 5.73 Å². The zero-order valence-corrected chi connectivity index (χ0v) is 7.12. The number of amides is 1. The van der Waals surface area contributed by atoms with E-state index in [1.165, 1.54) is 12.8 Å². The molecule has 0 spiro atoms. The summed E-state index contributed by atoms with van der Waals surface area (Å²) >= 11 is 0. The van der Waals surface area contributed by atoms with Crippen LogP contribution in [0.1, 0.15) is 25.7 Å². The standard InChI is InChI=1S/C8H16N2O2/c9-7(5-11)8(12)10-6-3-1-2-4-6/h6-7,11H,1-5,9H2,(H,10,12). The topological polar surface area (TPSA) is 75.3 Å². The van der Waals surface area contributed by atoms with E-state index in [1.807, 2.05) is 0 Å². The molecule has 0 aliphatic heterocycles. The van der Waals surface area contributed by atoms with Crippen molar-refractivity contribution < 1.29 is 9.90 Å². The molecule has 4 N–H and O–H groups in total. The average molecular weight is 172 g/mol. The number of carbonyl (C=O) groups is 1. The fraction of sp³-hybridized carbons (Fsp3) is 0.875. The molecule has 0 heterocycles. The Morgan fingerprint density at radius 1 is 1.58 bits per heavy atom. The molecule has 1 amide bonds. The Balaban J connectivity index is 2.25. The van der Waals surface area contributed by atoms with E-state index in [9.17, 15) is 4.79 Å². The van der Waals surface area contributed by atoms with Crippen LogP contribution in [0.15, 0.2) is 0 Å². The first-order valence-electron chi connectivity index (χ1n) is 4.41. The molecule has 0 aromatic heterocycles. The highest BCUT2D eigenvalue weighted by atomic mass is 16.3. The van der Waals surface area contributed by atoms with Gasteiger partial charge in [-0.1, -0.05) is 12.8 Å². The summed E-state index contributed by atoms with van der Waals surface area (Å²) in [4.78, 5) is 11.1. The average Bonchev–Trinajstić information content (AvgIpc) is 2.55. The van der Waals surface area contributed by atoms with Crippen molar-refractivity contribution in [2.45, 2.75) is 37.8 Å². The minimum atomic E-state index is -0.759. The van der Waals surface area contributed by atoms with E-state index in [4.69, 9.17) is 10.8 Å². The van der Waals surface area contributed by atoms with Crippen LogP contribution in [0.25, 0.3) is 0 Å². The fourth-order valence-electron chi connectivity index (χ4n) is 1.46. The Bertz CT molecular complexity index is 155. The van der Waals surface area contributed by atoms with Gasteiger partial charge in [-0.25, -0.2) is 0 Å². The van der Waals surface area contributed by atoms with E-state index in [-0.39, 0.29) is 18.6 Å². The molecule has 1 unspecified atom stereocenters. The first-order chi connectivity index (χ1) is 5.74. The SMILES string of the molecule is NC(CO)C(=O)NC1CCCC1. The molecule has 1 aliphatic rings. The molecule has 0 bridgehead atoms. The smallest absolute Gasteiger partial charge is 0.239 e. The molecule has 4 heteroatoms. The molecule has 1 aliphatic carbocycles. The highest BCUT2D eigenvalue weighted by molar-refractivity contribution is 5.81. The van der Waals surface area contributed by atoms with E-state index in [2.05, 4.69) is 5.32 Å². The van der Waals surface area contributed by atoms with Crippen LogP contribution in [-0.4, -0.2) is 29.7 Å². The maximum Gasteiger partial charge on any atom is 0.239 e. The predicted molar refractivity (Wildman–Crippen MR) is 45.5 cm³/mol. The Morgan fingerprint density at radius 2 is 2.17 bits per heavy atom. The molecule has 0 aromatic rings. The number of carbonyl (C=O) groups excluding carboxylic acids is 1. The van der Waals surface area contributed by atoms with E-state index < -0.39 is 6.04 Å². The molecular weight excluding hydrogens is 156 g/mol. The number of nitrogens with one attached hydrogen (secondary N) is 1. The number of aliphatic hydroxyl groups is 1. The molecule has 12 heavy (non-hydrogen) atoms. The third kappa shape index (κ3) is 2.46. The summed E-state index contributed by atoms with van der Waals surface area (Å²) < 4.78 is 0. The molecule has 0 saturated heterocycles. The second kappa shape index (κ2) is 4.42. The van der Waals surface area contributed by atoms with E-state index >= 15 is 0 Å². The number of nitrogens with two attached hydrogens (primary N) is 1. The quantitative estimate of drug-likeness (QED) is 0.530. The van der Waals surface area contributed by atoms with Crippen molar-refractivity contribution in [1.29, 1.82) is 0 Å². The third-order valence-electron chi connectivity index (χ3n) is 2.24. The van der Waals surface area contributed by atoms with Crippen LogP contribution < -0.4 is 11.1 Å². The van der Waals surface area contributed by atoms with Crippen LogP contribution >= 0.6 is 0 Å².